The molecule has 2 rings (SSSR count). The molecule has 0 aliphatic rings. The highest BCUT2D eigenvalue weighted by Gasteiger charge is 2.15. The minimum Gasteiger partial charge on any atom is -0.319 e. The molecule has 0 aromatic heterocycles. The van der Waals surface area contributed by atoms with Gasteiger partial charge in [0.05, 0.1) is 15.6 Å². The average molecular weight is 357 g/mol. The molecule has 23 heavy (non-hydrogen) atoms. The Labute approximate surface area is 138 Å². The Morgan fingerprint density at radius 2 is 1.83 bits per heavy atom. The van der Waals surface area contributed by atoms with E-state index in [0.717, 1.165) is 0 Å². The standard InChI is InChI=1S/C15H14ClFN2O3S/c1-2-18-23(21,22)11-8-6-10(7-9-11)15(20)19-13-5-3-4-12(16)14(13)17/h3-9,18H,2H2,1H3,(H,19,20). The zero-order valence-corrected chi connectivity index (χ0v) is 13.7. The number of sulfonamides is 1. The van der Waals surface area contributed by atoms with Gasteiger partial charge in [-0.2, -0.15) is 0 Å². The highest BCUT2D eigenvalue weighted by molar-refractivity contribution is 7.89. The van der Waals surface area contributed by atoms with Crippen molar-refractivity contribution < 1.29 is 17.6 Å². The van der Waals surface area contributed by atoms with Gasteiger partial charge in [0.1, 0.15) is 0 Å². The molecule has 0 bridgehead atoms. The van der Waals surface area contributed by atoms with Crippen LogP contribution in [0.25, 0.3) is 0 Å². The lowest BCUT2D eigenvalue weighted by molar-refractivity contribution is 0.102. The molecule has 0 aliphatic heterocycles. The molecule has 122 valence electrons. The summed E-state index contributed by atoms with van der Waals surface area (Å²) in [5, 5.41) is 2.29. The van der Waals surface area contributed by atoms with Crippen LogP contribution in [0.2, 0.25) is 5.02 Å². The van der Waals surface area contributed by atoms with Gasteiger partial charge in [-0.3, -0.25) is 4.79 Å². The molecular formula is C15H14ClFN2O3S. The molecule has 5 nitrogen and oxygen atoms in total. The molecule has 0 atom stereocenters. The van der Waals surface area contributed by atoms with Crippen LogP contribution in [0.1, 0.15) is 17.3 Å². The number of rotatable bonds is 5. The van der Waals surface area contributed by atoms with Crippen molar-refractivity contribution in [2.24, 2.45) is 0 Å². The van der Waals surface area contributed by atoms with Gasteiger partial charge in [0.2, 0.25) is 10.0 Å². The second-order valence-electron chi connectivity index (χ2n) is 4.58. The van der Waals surface area contributed by atoms with Gasteiger partial charge in [-0.1, -0.05) is 24.6 Å². The van der Waals surface area contributed by atoms with E-state index in [1.807, 2.05) is 0 Å². The molecule has 2 aromatic carbocycles. The predicted octanol–water partition coefficient (Wildman–Crippen LogP) is 3.03. The molecule has 0 saturated carbocycles. The Morgan fingerprint density at radius 3 is 2.43 bits per heavy atom. The molecule has 8 heteroatoms. The van der Waals surface area contributed by atoms with Crippen molar-refractivity contribution in [1.82, 2.24) is 4.72 Å². The molecular weight excluding hydrogens is 343 g/mol. The van der Waals surface area contributed by atoms with Gasteiger partial charge in [-0.05, 0) is 36.4 Å². The van der Waals surface area contributed by atoms with Crippen LogP contribution in [-0.4, -0.2) is 20.9 Å². The Kier molecular flexibility index (Phi) is 5.35. The van der Waals surface area contributed by atoms with Crippen LogP contribution in [0.3, 0.4) is 0 Å². The van der Waals surface area contributed by atoms with Crippen LogP contribution < -0.4 is 10.0 Å². The van der Waals surface area contributed by atoms with E-state index < -0.39 is 21.7 Å². The molecule has 0 spiro atoms. The first-order valence-corrected chi connectivity index (χ1v) is 8.56. The van der Waals surface area contributed by atoms with Crippen LogP contribution in [0.4, 0.5) is 10.1 Å². The Hall–Kier alpha value is -1.96. The third kappa shape index (κ3) is 4.07. The van der Waals surface area contributed by atoms with Crippen LogP contribution in [0, 0.1) is 5.82 Å². The number of anilines is 1. The third-order valence-corrected chi connectivity index (χ3v) is 4.81. The largest absolute Gasteiger partial charge is 0.319 e. The van der Waals surface area contributed by atoms with Crippen molar-refractivity contribution in [3.8, 4) is 0 Å². The smallest absolute Gasteiger partial charge is 0.255 e. The lowest BCUT2D eigenvalue weighted by atomic mass is 10.2. The number of benzene rings is 2. The van der Waals surface area contributed by atoms with Crippen LogP contribution in [-0.2, 0) is 10.0 Å². The molecule has 0 aliphatic carbocycles. The Balaban J connectivity index is 2.19. The fourth-order valence-electron chi connectivity index (χ4n) is 1.85. The summed E-state index contributed by atoms with van der Waals surface area (Å²) < 4.78 is 39.7. The summed E-state index contributed by atoms with van der Waals surface area (Å²) in [6, 6.07) is 9.57. The van der Waals surface area contributed by atoms with E-state index in [2.05, 4.69) is 10.0 Å². The van der Waals surface area contributed by atoms with Gasteiger partial charge >= 0.3 is 0 Å². The van der Waals surface area contributed by atoms with E-state index >= 15 is 0 Å². The van der Waals surface area contributed by atoms with Crippen molar-refractivity contribution in [3.05, 3.63) is 58.9 Å². The van der Waals surface area contributed by atoms with Crippen molar-refractivity contribution in [1.29, 1.82) is 0 Å². The zero-order valence-electron chi connectivity index (χ0n) is 12.1. The van der Waals surface area contributed by atoms with Crippen molar-refractivity contribution >= 4 is 33.2 Å². The quantitative estimate of drug-likeness (QED) is 0.864. The molecule has 1 amide bonds. The first kappa shape index (κ1) is 17.4. The SMILES string of the molecule is CCNS(=O)(=O)c1ccc(C(=O)Nc2cccc(Cl)c2F)cc1. The monoisotopic (exact) mass is 356 g/mol. The van der Waals surface area contributed by atoms with Crippen LogP contribution in [0.5, 0.6) is 0 Å². The van der Waals surface area contributed by atoms with Crippen LogP contribution in [0.15, 0.2) is 47.4 Å². The van der Waals surface area contributed by atoms with E-state index in [1.165, 1.54) is 42.5 Å². The first-order chi connectivity index (χ1) is 10.8. The van der Waals surface area contributed by atoms with E-state index in [0.29, 0.717) is 0 Å². The number of hydrogen-bond donors (Lipinski definition) is 2. The number of halogens is 2. The normalized spacial score (nSPS) is 11.3. The number of carbonyl (C=O) groups is 1. The Morgan fingerprint density at radius 1 is 1.17 bits per heavy atom. The average Bonchev–Trinajstić information content (AvgIpc) is 2.52. The third-order valence-electron chi connectivity index (χ3n) is 2.96. The van der Waals surface area contributed by atoms with Gasteiger partial charge < -0.3 is 5.32 Å². The van der Waals surface area contributed by atoms with Gasteiger partial charge in [0.25, 0.3) is 5.91 Å². The summed E-state index contributed by atoms with van der Waals surface area (Å²) in [4.78, 5) is 12.1. The fraction of sp³-hybridized carbons (Fsp3) is 0.133. The second kappa shape index (κ2) is 7.08. The summed E-state index contributed by atoms with van der Waals surface area (Å²) in [7, 11) is -3.58. The number of amides is 1. The van der Waals surface area contributed by atoms with E-state index in [1.54, 1.807) is 6.92 Å². The van der Waals surface area contributed by atoms with Gasteiger partial charge in [-0.15, -0.1) is 0 Å². The molecule has 0 radical (unpaired) electrons. The van der Waals surface area contributed by atoms with Gasteiger partial charge in [0, 0.05) is 12.1 Å². The van der Waals surface area contributed by atoms with Crippen molar-refractivity contribution in [2.45, 2.75) is 11.8 Å². The maximum absolute atomic E-state index is 13.7. The van der Waals surface area contributed by atoms with Crippen LogP contribution >= 0.6 is 11.6 Å². The summed E-state index contributed by atoms with van der Waals surface area (Å²) >= 11 is 5.64. The fourth-order valence-corrected chi connectivity index (χ4v) is 3.07. The summed E-state index contributed by atoms with van der Waals surface area (Å²) in [5.41, 5.74) is 0.145. The number of hydrogen-bond acceptors (Lipinski definition) is 3. The molecule has 0 unspecified atom stereocenters. The molecule has 0 fully saturated rings. The second-order valence-corrected chi connectivity index (χ2v) is 6.76. The molecule has 0 saturated heterocycles. The lowest BCUT2D eigenvalue weighted by Gasteiger charge is -2.08. The first-order valence-electron chi connectivity index (χ1n) is 6.70. The highest BCUT2D eigenvalue weighted by atomic mass is 35.5. The summed E-state index contributed by atoms with van der Waals surface area (Å²) in [6.45, 7) is 1.93. The zero-order chi connectivity index (χ0) is 17.0. The minimum absolute atomic E-state index is 0.0461. The Bertz CT molecular complexity index is 823. The topological polar surface area (TPSA) is 75.3 Å². The van der Waals surface area contributed by atoms with Crippen molar-refractivity contribution in [2.75, 3.05) is 11.9 Å². The number of carbonyl (C=O) groups excluding carboxylic acids is 1. The highest BCUT2D eigenvalue weighted by Crippen LogP contribution is 2.22. The molecule has 2 N–H and O–H groups in total. The number of nitrogens with one attached hydrogen (secondary N) is 2. The van der Waals surface area contributed by atoms with Gasteiger partial charge in [0.15, 0.2) is 5.82 Å². The maximum atomic E-state index is 13.7. The minimum atomic E-state index is -3.58. The van der Waals surface area contributed by atoms with E-state index in [9.17, 15) is 17.6 Å². The summed E-state index contributed by atoms with van der Waals surface area (Å²) in [6.07, 6.45) is 0. The van der Waals surface area contributed by atoms with E-state index in [-0.39, 0.29) is 27.7 Å². The summed E-state index contributed by atoms with van der Waals surface area (Å²) in [5.74, 6) is -1.30. The van der Waals surface area contributed by atoms with E-state index in [4.69, 9.17) is 11.6 Å². The molecule has 0 heterocycles. The maximum Gasteiger partial charge on any atom is 0.255 e. The molecule has 2 aromatic rings. The van der Waals surface area contributed by atoms with Crippen molar-refractivity contribution in [3.63, 3.8) is 0 Å². The predicted molar refractivity (Wildman–Crippen MR) is 86.7 cm³/mol. The lowest BCUT2D eigenvalue weighted by Crippen LogP contribution is -2.23. The van der Waals surface area contributed by atoms with Gasteiger partial charge in [-0.25, -0.2) is 17.5 Å².